The lowest BCUT2D eigenvalue weighted by Gasteiger charge is -2.14. The van der Waals surface area contributed by atoms with Gasteiger partial charge in [0.15, 0.2) is 0 Å². The molecule has 0 heterocycles. The van der Waals surface area contributed by atoms with Crippen molar-refractivity contribution in [2.45, 2.75) is 13.3 Å². The molecule has 16 heavy (non-hydrogen) atoms. The Labute approximate surface area is 98.5 Å². The van der Waals surface area contributed by atoms with E-state index < -0.39 is 0 Å². The van der Waals surface area contributed by atoms with E-state index in [4.69, 9.17) is 4.74 Å². The van der Waals surface area contributed by atoms with Crippen LogP contribution in [0.2, 0.25) is 0 Å². The predicted octanol–water partition coefficient (Wildman–Crippen LogP) is 2.96. The molecule has 2 heteroatoms. The van der Waals surface area contributed by atoms with Gasteiger partial charge in [-0.05, 0) is 32.5 Å². The van der Waals surface area contributed by atoms with Crippen LogP contribution >= 0.6 is 0 Å². The van der Waals surface area contributed by atoms with Crippen LogP contribution in [-0.2, 0) is 0 Å². The number of hydrogen-bond donors (Lipinski definition) is 0. The summed E-state index contributed by atoms with van der Waals surface area (Å²) in [5.74, 6) is 0.957. The second kappa shape index (κ2) is 7.94. The van der Waals surface area contributed by atoms with Gasteiger partial charge in [-0.15, -0.1) is 0 Å². The summed E-state index contributed by atoms with van der Waals surface area (Å²) in [6, 6.07) is 9.96. The minimum atomic E-state index is 0.782. The van der Waals surface area contributed by atoms with Crippen molar-refractivity contribution in [2.24, 2.45) is 0 Å². The molecule has 2 nitrogen and oxygen atoms in total. The maximum absolute atomic E-state index is 5.62. The van der Waals surface area contributed by atoms with Crippen molar-refractivity contribution in [2.75, 3.05) is 26.7 Å². The van der Waals surface area contributed by atoms with E-state index in [-0.39, 0.29) is 0 Å². The average Bonchev–Trinajstić information content (AvgIpc) is 2.33. The highest BCUT2D eigenvalue weighted by molar-refractivity contribution is 5.20. The molecule has 0 atom stereocenters. The standard InChI is InChI=1S/C14H21NO/c1-3-4-11-15(2)12-8-13-16-14-9-6-5-7-10-14/h3-7,9-10H,8,11-13H2,1-2H3/b4-3+. The van der Waals surface area contributed by atoms with Crippen LogP contribution in [0.5, 0.6) is 5.75 Å². The highest BCUT2D eigenvalue weighted by atomic mass is 16.5. The van der Waals surface area contributed by atoms with Gasteiger partial charge in [0.25, 0.3) is 0 Å². The molecule has 1 aromatic rings. The lowest BCUT2D eigenvalue weighted by molar-refractivity contribution is 0.273. The van der Waals surface area contributed by atoms with E-state index in [1.165, 1.54) is 0 Å². The Morgan fingerprint density at radius 2 is 2.00 bits per heavy atom. The largest absolute Gasteiger partial charge is 0.494 e. The van der Waals surface area contributed by atoms with Crippen LogP contribution in [0, 0.1) is 0 Å². The van der Waals surface area contributed by atoms with Crippen molar-refractivity contribution in [3.8, 4) is 5.75 Å². The second-order valence-corrected chi connectivity index (χ2v) is 3.85. The third-order valence-corrected chi connectivity index (χ3v) is 2.35. The maximum atomic E-state index is 5.62. The topological polar surface area (TPSA) is 12.5 Å². The minimum Gasteiger partial charge on any atom is -0.494 e. The fraction of sp³-hybridized carbons (Fsp3) is 0.429. The molecule has 0 amide bonds. The molecule has 1 rings (SSSR count). The van der Waals surface area contributed by atoms with Crippen molar-refractivity contribution in [3.05, 3.63) is 42.5 Å². The fourth-order valence-corrected chi connectivity index (χ4v) is 1.42. The van der Waals surface area contributed by atoms with Crippen molar-refractivity contribution < 1.29 is 4.74 Å². The Kier molecular flexibility index (Phi) is 6.35. The van der Waals surface area contributed by atoms with Crippen molar-refractivity contribution in [1.29, 1.82) is 0 Å². The van der Waals surface area contributed by atoms with Gasteiger partial charge in [0.2, 0.25) is 0 Å². The van der Waals surface area contributed by atoms with Crippen LogP contribution in [0.25, 0.3) is 0 Å². The number of likely N-dealkylation sites (N-methyl/N-ethyl adjacent to an activating group) is 1. The van der Waals surface area contributed by atoms with E-state index in [1.54, 1.807) is 0 Å². The highest BCUT2D eigenvalue weighted by Crippen LogP contribution is 2.08. The molecule has 88 valence electrons. The molecule has 0 aromatic heterocycles. The summed E-state index contributed by atoms with van der Waals surface area (Å²) in [5.41, 5.74) is 0. The SMILES string of the molecule is C/C=C/CN(C)CCCOc1ccccc1. The van der Waals surface area contributed by atoms with E-state index in [1.807, 2.05) is 37.3 Å². The van der Waals surface area contributed by atoms with E-state index in [0.29, 0.717) is 0 Å². The molecule has 0 unspecified atom stereocenters. The lowest BCUT2D eigenvalue weighted by Crippen LogP contribution is -2.21. The first kappa shape index (κ1) is 12.8. The summed E-state index contributed by atoms with van der Waals surface area (Å²) in [4.78, 5) is 2.29. The molecule has 0 aliphatic heterocycles. The first-order valence-corrected chi connectivity index (χ1v) is 5.80. The first-order chi connectivity index (χ1) is 7.83. The van der Waals surface area contributed by atoms with Crippen molar-refractivity contribution in [1.82, 2.24) is 4.90 Å². The molecule has 0 bridgehead atoms. The van der Waals surface area contributed by atoms with Gasteiger partial charge < -0.3 is 9.64 Å². The van der Waals surface area contributed by atoms with Crippen molar-refractivity contribution in [3.63, 3.8) is 0 Å². The number of rotatable bonds is 7. The average molecular weight is 219 g/mol. The molecule has 0 aliphatic rings. The lowest BCUT2D eigenvalue weighted by atomic mass is 10.3. The molecular formula is C14H21NO. The highest BCUT2D eigenvalue weighted by Gasteiger charge is 1.96. The predicted molar refractivity (Wildman–Crippen MR) is 68.9 cm³/mol. The number of ether oxygens (including phenoxy) is 1. The Balaban J connectivity index is 2.08. The van der Waals surface area contributed by atoms with Gasteiger partial charge in [0.05, 0.1) is 6.61 Å². The Morgan fingerprint density at radius 1 is 1.25 bits per heavy atom. The molecule has 0 radical (unpaired) electrons. The van der Waals surface area contributed by atoms with Crippen LogP contribution in [0.4, 0.5) is 0 Å². The summed E-state index contributed by atoms with van der Waals surface area (Å²) in [5, 5.41) is 0. The van der Waals surface area contributed by atoms with E-state index in [2.05, 4.69) is 24.1 Å². The number of benzene rings is 1. The quantitative estimate of drug-likeness (QED) is 0.516. The summed E-state index contributed by atoms with van der Waals surface area (Å²) in [6.07, 6.45) is 5.30. The normalized spacial score (nSPS) is 11.2. The molecule has 0 aliphatic carbocycles. The van der Waals surface area contributed by atoms with Crippen LogP contribution in [0.3, 0.4) is 0 Å². The first-order valence-electron chi connectivity index (χ1n) is 5.80. The van der Waals surface area contributed by atoms with Gasteiger partial charge in [-0.25, -0.2) is 0 Å². The van der Waals surface area contributed by atoms with E-state index >= 15 is 0 Å². The van der Waals surface area contributed by atoms with Gasteiger partial charge in [0, 0.05) is 13.1 Å². The van der Waals surface area contributed by atoms with Crippen LogP contribution in [0.15, 0.2) is 42.5 Å². The van der Waals surface area contributed by atoms with E-state index in [9.17, 15) is 0 Å². The maximum Gasteiger partial charge on any atom is 0.119 e. The Bertz CT molecular complexity index is 295. The summed E-state index contributed by atoms with van der Waals surface area (Å²) in [7, 11) is 2.13. The number of para-hydroxylation sites is 1. The molecule has 0 N–H and O–H groups in total. The summed E-state index contributed by atoms with van der Waals surface area (Å²) in [6.45, 7) is 4.91. The Morgan fingerprint density at radius 3 is 2.69 bits per heavy atom. The van der Waals surface area contributed by atoms with Crippen LogP contribution in [-0.4, -0.2) is 31.6 Å². The van der Waals surface area contributed by atoms with Gasteiger partial charge in [-0.3, -0.25) is 0 Å². The zero-order valence-corrected chi connectivity index (χ0v) is 10.2. The third-order valence-electron chi connectivity index (χ3n) is 2.35. The zero-order chi connectivity index (χ0) is 11.6. The molecule has 0 saturated heterocycles. The molecule has 0 fully saturated rings. The van der Waals surface area contributed by atoms with Crippen molar-refractivity contribution >= 4 is 0 Å². The molecule has 0 spiro atoms. The number of allylic oxidation sites excluding steroid dienone is 1. The number of hydrogen-bond acceptors (Lipinski definition) is 2. The molecule has 1 aromatic carbocycles. The third kappa shape index (κ3) is 5.56. The number of nitrogens with zero attached hydrogens (tertiary/aromatic N) is 1. The smallest absolute Gasteiger partial charge is 0.119 e. The van der Waals surface area contributed by atoms with Gasteiger partial charge in [-0.2, -0.15) is 0 Å². The molecular weight excluding hydrogens is 198 g/mol. The van der Waals surface area contributed by atoms with Crippen LogP contribution in [0.1, 0.15) is 13.3 Å². The summed E-state index contributed by atoms with van der Waals surface area (Å²) >= 11 is 0. The minimum absolute atomic E-state index is 0.782. The second-order valence-electron chi connectivity index (χ2n) is 3.85. The van der Waals surface area contributed by atoms with Gasteiger partial charge in [-0.1, -0.05) is 30.4 Å². The van der Waals surface area contributed by atoms with Gasteiger partial charge >= 0.3 is 0 Å². The Hall–Kier alpha value is -1.28. The zero-order valence-electron chi connectivity index (χ0n) is 10.2. The van der Waals surface area contributed by atoms with E-state index in [0.717, 1.165) is 31.9 Å². The monoisotopic (exact) mass is 219 g/mol. The molecule has 0 saturated carbocycles. The van der Waals surface area contributed by atoms with Gasteiger partial charge in [0.1, 0.15) is 5.75 Å². The van der Waals surface area contributed by atoms with Crippen LogP contribution < -0.4 is 4.74 Å². The summed E-state index contributed by atoms with van der Waals surface area (Å²) < 4.78 is 5.62. The fourth-order valence-electron chi connectivity index (χ4n) is 1.42.